The van der Waals surface area contributed by atoms with Gasteiger partial charge in [0.15, 0.2) is 0 Å². The van der Waals surface area contributed by atoms with Gasteiger partial charge in [0, 0.05) is 30.8 Å². The van der Waals surface area contributed by atoms with Crippen LogP contribution in [0.3, 0.4) is 0 Å². The van der Waals surface area contributed by atoms with Gasteiger partial charge in [0.05, 0.1) is 23.2 Å². The lowest BCUT2D eigenvalue weighted by Gasteiger charge is -2.33. The molecule has 2 aromatic carbocycles. The van der Waals surface area contributed by atoms with Crippen LogP contribution in [0.1, 0.15) is 32.7 Å². The number of morpholine rings is 1. The van der Waals surface area contributed by atoms with E-state index in [0.717, 1.165) is 25.0 Å². The standard InChI is InChI=1S/C20H20N2O6/c23-19(15-10-16(20(24)25)12-17(11-15)22(26)27)21-8-9-28-18(13-21)7-6-14-4-2-1-3-5-14/h1-5,10-12,18H,6-9,13H2,(H,24,25). The number of amides is 1. The van der Waals surface area contributed by atoms with Gasteiger partial charge in [0.1, 0.15) is 0 Å². The summed E-state index contributed by atoms with van der Waals surface area (Å²) in [6.07, 6.45) is 1.41. The quantitative estimate of drug-likeness (QED) is 0.606. The van der Waals surface area contributed by atoms with Crippen molar-refractivity contribution in [2.75, 3.05) is 19.7 Å². The monoisotopic (exact) mass is 384 g/mol. The van der Waals surface area contributed by atoms with Crippen molar-refractivity contribution in [3.05, 3.63) is 75.3 Å². The number of carboxylic acid groups (broad SMARTS) is 1. The summed E-state index contributed by atoms with van der Waals surface area (Å²) in [6, 6.07) is 13.2. The summed E-state index contributed by atoms with van der Waals surface area (Å²) in [5.74, 6) is -1.75. The van der Waals surface area contributed by atoms with Crippen molar-refractivity contribution >= 4 is 17.6 Å². The molecule has 0 spiro atoms. The Bertz CT molecular complexity index is 851. The van der Waals surface area contributed by atoms with Crippen LogP contribution in [0.15, 0.2) is 48.5 Å². The first-order chi connectivity index (χ1) is 13.4. The van der Waals surface area contributed by atoms with Crippen LogP contribution in [0.5, 0.6) is 0 Å². The molecule has 0 bridgehead atoms. The summed E-state index contributed by atoms with van der Waals surface area (Å²) in [6.45, 7) is 1.08. The van der Waals surface area contributed by atoms with Gasteiger partial charge in [-0.05, 0) is 24.5 Å². The molecule has 1 N–H and O–H groups in total. The van der Waals surface area contributed by atoms with Gasteiger partial charge in [-0.25, -0.2) is 4.79 Å². The fourth-order valence-corrected chi connectivity index (χ4v) is 3.20. The zero-order valence-electron chi connectivity index (χ0n) is 15.1. The Balaban J connectivity index is 1.71. The number of benzene rings is 2. The van der Waals surface area contributed by atoms with Gasteiger partial charge in [0.25, 0.3) is 11.6 Å². The molecule has 1 aliphatic rings. The molecule has 0 aliphatic carbocycles. The Labute approximate surface area is 161 Å². The number of aromatic carboxylic acids is 1. The lowest BCUT2D eigenvalue weighted by Crippen LogP contribution is -2.45. The SMILES string of the molecule is O=C(O)c1cc(C(=O)N2CCOC(CCc3ccccc3)C2)cc([N+](=O)[O-])c1. The topological polar surface area (TPSA) is 110 Å². The van der Waals surface area contributed by atoms with Crippen LogP contribution in [0, 0.1) is 10.1 Å². The molecule has 3 rings (SSSR count). The van der Waals surface area contributed by atoms with E-state index in [2.05, 4.69) is 0 Å². The molecule has 1 atom stereocenters. The Morgan fingerprint density at radius 1 is 1.18 bits per heavy atom. The number of hydrogen-bond acceptors (Lipinski definition) is 5. The lowest BCUT2D eigenvalue weighted by molar-refractivity contribution is -0.384. The first kappa shape index (κ1) is 19.5. The number of nitrogens with zero attached hydrogens (tertiary/aromatic N) is 2. The molecule has 0 radical (unpaired) electrons. The first-order valence-corrected chi connectivity index (χ1v) is 8.91. The number of ether oxygens (including phenoxy) is 1. The zero-order valence-corrected chi connectivity index (χ0v) is 15.1. The molecule has 146 valence electrons. The Hall–Kier alpha value is -3.26. The van der Waals surface area contributed by atoms with Gasteiger partial charge in [-0.2, -0.15) is 0 Å². The number of nitro benzene ring substituents is 1. The molecule has 8 heteroatoms. The van der Waals surface area contributed by atoms with E-state index in [1.165, 1.54) is 11.6 Å². The van der Waals surface area contributed by atoms with Gasteiger partial charge >= 0.3 is 5.97 Å². The van der Waals surface area contributed by atoms with Crippen molar-refractivity contribution in [3.8, 4) is 0 Å². The van der Waals surface area contributed by atoms with Crippen LogP contribution in [0.2, 0.25) is 0 Å². The van der Waals surface area contributed by atoms with Gasteiger partial charge in [-0.3, -0.25) is 14.9 Å². The minimum absolute atomic E-state index is 0.00434. The summed E-state index contributed by atoms with van der Waals surface area (Å²) in [4.78, 5) is 36.0. The average molecular weight is 384 g/mol. The van der Waals surface area contributed by atoms with E-state index in [1.54, 1.807) is 4.90 Å². The fraction of sp³-hybridized carbons (Fsp3) is 0.300. The van der Waals surface area contributed by atoms with Crippen molar-refractivity contribution < 1.29 is 24.4 Å². The van der Waals surface area contributed by atoms with Gasteiger partial charge in [-0.1, -0.05) is 30.3 Å². The van der Waals surface area contributed by atoms with Gasteiger partial charge in [0.2, 0.25) is 0 Å². The summed E-state index contributed by atoms with van der Waals surface area (Å²) in [5.41, 5.74) is 0.471. The third-order valence-corrected chi connectivity index (χ3v) is 4.65. The molecule has 1 amide bonds. The number of non-ortho nitro benzene ring substituents is 1. The number of rotatable bonds is 6. The molecular formula is C20H20N2O6. The third-order valence-electron chi connectivity index (χ3n) is 4.65. The average Bonchev–Trinajstić information content (AvgIpc) is 2.72. The van der Waals surface area contributed by atoms with Crippen LogP contribution in [0.4, 0.5) is 5.69 Å². The summed E-state index contributed by atoms with van der Waals surface area (Å²) in [7, 11) is 0. The fourth-order valence-electron chi connectivity index (χ4n) is 3.20. The molecule has 1 saturated heterocycles. The highest BCUT2D eigenvalue weighted by atomic mass is 16.6. The number of aryl methyl sites for hydroxylation is 1. The highest BCUT2D eigenvalue weighted by Gasteiger charge is 2.27. The van der Waals surface area contributed by atoms with E-state index < -0.39 is 22.5 Å². The zero-order chi connectivity index (χ0) is 20.1. The predicted molar refractivity (Wildman–Crippen MR) is 100 cm³/mol. The number of carbonyl (C=O) groups is 2. The third kappa shape index (κ3) is 4.72. The predicted octanol–water partition coefficient (Wildman–Crippen LogP) is 2.77. The molecule has 0 aromatic heterocycles. The van der Waals surface area contributed by atoms with Gasteiger partial charge < -0.3 is 14.7 Å². The van der Waals surface area contributed by atoms with Crippen molar-refractivity contribution in [1.82, 2.24) is 4.90 Å². The number of carboxylic acids is 1. The van der Waals surface area contributed by atoms with Crippen LogP contribution >= 0.6 is 0 Å². The lowest BCUT2D eigenvalue weighted by atomic mass is 10.0. The van der Waals surface area contributed by atoms with E-state index in [1.807, 2.05) is 30.3 Å². The van der Waals surface area contributed by atoms with E-state index in [-0.39, 0.29) is 17.2 Å². The molecule has 1 heterocycles. The second-order valence-electron chi connectivity index (χ2n) is 6.60. The minimum Gasteiger partial charge on any atom is -0.478 e. The smallest absolute Gasteiger partial charge is 0.335 e. The van der Waals surface area contributed by atoms with Crippen LogP contribution in [0.25, 0.3) is 0 Å². The largest absolute Gasteiger partial charge is 0.478 e. The van der Waals surface area contributed by atoms with Gasteiger partial charge in [-0.15, -0.1) is 0 Å². The van der Waals surface area contributed by atoms with E-state index >= 15 is 0 Å². The second kappa shape index (κ2) is 8.62. The first-order valence-electron chi connectivity index (χ1n) is 8.91. The Morgan fingerprint density at radius 3 is 2.57 bits per heavy atom. The molecule has 28 heavy (non-hydrogen) atoms. The molecule has 1 fully saturated rings. The maximum Gasteiger partial charge on any atom is 0.335 e. The van der Waals surface area contributed by atoms with Crippen LogP contribution < -0.4 is 0 Å². The summed E-state index contributed by atoms with van der Waals surface area (Å²) >= 11 is 0. The van der Waals surface area contributed by atoms with Crippen molar-refractivity contribution in [2.45, 2.75) is 18.9 Å². The van der Waals surface area contributed by atoms with E-state index in [9.17, 15) is 19.7 Å². The molecule has 8 nitrogen and oxygen atoms in total. The molecule has 2 aromatic rings. The number of carbonyl (C=O) groups excluding carboxylic acids is 1. The Kier molecular flexibility index (Phi) is 6.00. The minimum atomic E-state index is -1.32. The molecule has 1 unspecified atom stereocenters. The maximum atomic E-state index is 12.8. The van der Waals surface area contributed by atoms with Crippen LogP contribution in [-0.2, 0) is 11.2 Å². The molecular weight excluding hydrogens is 364 g/mol. The molecule has 1 aliphatic heterocycles. The van der Waals surface area contributed by atoms with Crippen molar-refractivity contribution in [1.29, 1.82) is 0 Å². The highest BCUT2D eigenvalue weighted by molar-refractivity contribution is 5.98. The number of nitro groups is 1. The Morgan fingerprint density at radius 2 is 1.89 bits per heavy atom. The van der Waals surface area contributed by atoms with Crippen molar-refractivity contribution in [3.63, 3.8) is 0 Å². The number of hydrogen-bond donors (Lipinski definition) is 1. The van der Waals surface area contributed by atoms with E-state index in [4.69, 9.17) is 9.84 Å². The van der Waals surface area contributed by atoms with E-state index in [0.29, 0.717) is 19.7 Å². The molecule has 0 saturated carbocycles. The highest BCUT2D eigenvalue weighted by Crippen LogP contribution is 2.21. The van der Waals surface area contributed by atoms with Crippen LogP contribution in [-0.4, -0.2) is 52.6 Å². The normalized spacial score (nSPS) is 16.6. The second-order valence-corrected chi connectivity index (χ2v) is 6.60. The maximum absolute atomic E-state index is 12.8. The van der Waals surface area contributed by atoms with Crippen molar-refractivity contribution in [2.24, 2.45) is 0 Å². The summed E-state index contributed by atoms with van der Waals surface area (Å²) < 4.78 is 5.74. The summed E-state index contributed by atoms with van der Waals surface area (Å²) in [5, 5.41) is 20.2.